The fraction of sp³-hybridized carbons (Fsp3) is 0. The molecule has 0 aliphatic heterocycles. The van der Waals surface area contributed by atoms with Gasteiger partial charge in [0.05, 0.1) is 5.02 Å². The number of hydrogen-bond acceptors (Lipinski definition) is 2. The van der Waals surface area contributed by atoms with Crippen molar-refractivity contribution < 1.29 is 4.42 Å². The van der Waals surface area contributed by atoms with E-state index >= 15 is 0 Å². The van der Waals surface area contributed by atoms with E-state index in [0.717, 1.165) is 32.7 Å². The number of aromatic nitrogens is 1. The molecule has 2 heterocycles. The predicted octanol–water partition coefficient (Wildman–Crippen LogP) is 4.79. The van der Waals surface area contributed by atoms with Gasteiger partial charge in [-0.3, -0.25) is 4.98 Å². The lowest BCUT2D eigenvalue weighted by atomic mass is 10.1. The van der Waals surface area contributed by atoms with E-state index in [1.807, 2.05) is 36.5 Å². The fourth-order valence-electron chi connectivity index (χ4n) is 2.34. The third kappa shape index (κ3) is 1.27. The van der Waals surface area contributed by atoms with Crippen molar-refractivity contribution in [2.24, 2.45) is 0 Å². The smallest absolute Gasteiger partial charge is 0.153 e. The molecule has 0 fully saturated rings. The van der Waals surface area contributed by atoms with Crippen LogP contribution in [0.25, 0.3) is 32.7 Å². The first-order chi connectivity index (χ1) is 8.83. The molecule has 0 aliphatic carbocycles. The molecule has 2 aromatic carbocycles. The van der Waals surface area contributed by atoms with Gasteiger partial charge >= 0.3 is 0 Å². The van der Waals surface area contributed by atoms with E-state index in [0.29, 0.717) is 5.02 Å². The van der Waals surface area contributed by atoms with Crippen molar-refractivity contribution >= 4 is 44.3 Å². The van der Waals surface area contributed by atoms with Gasteiger partial charge < -0.3 is 4.42 Å². The van der Waals surface area contributed by atoms with Crippen molar-refractivity contribution in [3.05, 3.63) is 53.8 Å². The Morgan fingerprint density at radius 1 is 1.00 bits per heavy atom. The molecule has 4 aromatic rings. The quantitative estimate of drug-likeness (QED) is 0.450. The van der Waals surface area contributed by atoms with Crippen molar-refractivity contribution in [3.8, 4) is 0 Å². The molecular formula is C15H8ClNO. The summed E-state index contributed by atoms with van der Waals surface area (Å²) in [6.45, 7) is 0. The minimum absolute atomic E-state index is 0.644. The van der Waals surface area contributed by atoms with Crippen molar-refractivity contribution in [2.45, 2.75) is 0 Å². The maximum atomic E-state index is 6.15. The van der Waals surface area contributed by atoms with Crippen LogP contribution in [0.1, 0.15) is 0 Å². The van der Waals surface area contributed by atoms with E-state index in [1.54, 1.807) is 6.20 Å². The van der Waals surface area contributed by atoms with Gasteiger partial charge in [0.15, 0.2) is 5.58 Å². The molecule has 2 aromatic heterocycles. The zero-order valence-electron chi connectivity index (χ0n) is 9.35. The Labute approximate surface area is 108 Å². The number of furan rings is 1. The first kappa shape index (κ1) is 9.92. The minimum atomic E-state index is 0.644. The van der Waals surface area contributed by atoms with E-state index < -0.39 is 0 Å². The van der Waals surface area contributed by atoms with E-state index in [9.17, 15) is 0 Å². The van der Waals surface area contributed by atoms with Crippen molar-refractivity contribution in [1.29, 1.82) is 0 Å². The second-order valence-electron chi connectivity index (χ2n) is 4.29. The van der Waals surface area contributed by atoms with Gasteiger partial charge in [0.2, 0.25) is 0 Å². The molecule has 3 heteroatoms. The number of rotatable bonds is 0. The summed E-state index contributed by atoms with van der Waals surface area (Å²) in [5.41, 5.74) is 1.61. The van der Waals surface area contributed by atoms with Crippen LogP contribution >= 0.6 is 11.6 Å². The molecule has 86 valence electrons. The Kier molecular flexibility index (Phi) is 1.91. The second-order valence-corrected chi connectivity index (χ2v) is 4.70. The lowest BCUT2D eigenvalue weighted by molar-refractivity contribution is 0.669. The summed E-state index contributed by atoms with van der Waals surface area (Å²) in [6, 6.07) is 11.9. The Hall–Kier alpha value is -2.06. The lowest BCUT2D eigenvalue weighted by Gasteiger charge is -1.96. The van der Waals surface area contributed by atoms with Crippen LogP contribution in [0.2, 0.25) is 5.02 Å². The Morgan fingerprint density at radius 2 is 1.94 bits per heavy atom. The molecule has 0 saturated carbocycles. The summed E-state index contributed by atoms with van der Waals surface area (Å²) in [5.74, 6) is 0. The van der Waals surface area contributed by atoms with Crippen molar-refractivity contribution in [1.82, 2.24) is 4.98 Å². The molecule has 2 nitrogen and oxygen atoms in total. The van der Waals surface area contributed by atoms with Gasteiger partial charge in [-0.05, 0) is 29.7 Å². The minimum Gasteiger partial charge on any atom is -0.454 e. The largest absolute Gasteiger partial charge is 0.454 e. The number of nitrogens with zero attached hydrogens (tertiary/aromatic N) is 1. The third-order valence-electron chi connectivity index (χ3n) is 3.21. The number of halogens is 1. The monoisotopic (exact) mass is 253 g/mol. The molecule has 0 atom stereocenters. The predicted molar refractivity (Wildman–Crippen MR) is 74.0 cm³/mol. The third-order valence-corrected chi connectivity index (χ3v) is 3.51. The van der Waals surface area contributed by atoms with E-state index in [2.05, 4.69) is 11.1 Å². The fourth-order valence-corrected chi connectivity index (χ4v) is 2.56. The van der Waals surface area contributed by atoms with Gasteiger partial charge in [0.1, 0.15) is 5.58 Å². The number of fused-ring (bicyclic) bond motifs is 4. The highest BCUT2D eigenvalue weighted by atomic mass is 35.5. The zero-order valence-corrected chi connectivity index (χ0v) is 10.1. The molecule has 4 rings (SSSR count). The molecule has 0 bridgehead atoms. The van der Waals surface area contributed by atoms with E-state index in [1.165, 1.54) is 0 Å². The molecule has 0 amide bonds. The topological polar surface area (TPSA) is 26.0 Å². The summed E-state index contributed by atoms with van der Waals surface area (Å²) in [7, 11) is 0. The first-order valence-electron chi connectivity index (χ1n) is 5.67. The summed E-state index contributed by atoms with van der Waals surface area (Å²) in [5, 5.41) is 4.99. The second kappa shape index (κ2) is 3.47. The zero-order chi connectivity index (χ0) is 12.1. The van der Waals surface area contributed by atoms with Gasteiger partial charge in [-0.25, -0.2) is 0 Å². The Morgan fingerprint density at radius 3 is 2.89 bits per heavy atom. The molecule has 0 radical (unpaired) electrons. The van der Waals surface area contributed by atoms with Crippen LogP contribution in [0.15, 0.2) is 53.2 Å². The summed E-state index contributed by atoms with van der Waals surface area (Å²) >= 11 is 6.15. The highest BCUT2D eigenvalue weighted by Crippen LogP contribution is 2.35. The van der Waals surface area contributed by atoms with Crippen molar-refractivity contribution in [3.63, 3.8) is 0 Å². The number of para-hydroxylation sites is 1. The maximum Gasteiger partial charge on any atom is 0.153 e. The van der Waals surface area contributed by atoms with Gasteiger partial charge in [-0.15, -0.1) is 0 Å². The summed E-state index contributed by atoms with van der Waals surface area (Å²) in [6.07, 6.45) is 3.64. The molecule has 0 aliphatic rings. The van der Waals surface area contributed by atoms with Crippen LogP contribution in [-0.4, -0.2) is 4.98 Å². The van der Waals surface area contributed by atoms with Gasteiger partial charge in [0, 0.05) is 28.6 Å². The molecule has 0 unspecified atom stereocenters. The van der Waals surface area contributed by atoms with Crippen LogP contribution in [0.5, 0.6) is 0 Å². The highest BCUT2D eigenvalue weighted by Gasteiger charge is 2.10. The summed E-state index contributed by atoms with van der Waals surface area (Å²) in [4.78, 5) is 4.15. The number of pyridine rings is 1. The van der Waals surface area contributed by atoms with Crippen LogP contribution in [-0.2, 0) is 0 Å². The van der Waals surface area contributed by atoms with Crippen LogP contribution in [0.3, 0.4) is 0 Å². The number of benzene rings is 2. The van der Waals surface area contributed by atoms with E-state index in [4.69, 9.17) is 16.0 Å². The molecule has 0 spiro atoms. The molecule has 0 saturated heterocycles. The van der Waals surface area contributed by atoms with Crippen molar-refractivity contribution in [2.75, 3.05) is 0 Å². The van der Waals surface area contributed by atoms with Crippen LogP contribution < -0.4 is 0 Å². The average Bonchev–Trinajstić information content (AvgIpc) is 2.76. The van der Waals surface area contributed by atoms with E-state index in [-0.39, 0.29) is 0 Å². The Bertz CT molecular complexity index is 895. The van der Waals surface area contributed by atoms with Crippen LogP contribution in [0, 0.1) is 0 Å². The van der Waals surface area contributed by atoms with Crippen LogP contribution in [0.4, 0.5) is 0 Å². The average molecular weight is 254 g/mol. The first-order valence-corrected chi connectivity index (χ1v) is 6.05. The molecular weight excluding hydrogens is 246 g/mol. The number of hydrogen-bond donors (Lipinski definition) is 0. The molecule has 18 heavy (non-hydrogen) atoms. The Balaban J connectivity index is 2.27. The molecule has 0 N–H and O–H groups in total. The van der Waals surface area contributed by atoms with Gasteiger partial charge in [0.25, 0.3) is 0 Å². The van der Waals surface area contributed by atoms with Gasteiger partial charge in [-0.2, -0.15) is 0 Å². The highest BCUT2D eigenvalue weighted by molar-refractivity contribution is 6.35. The SMILES string of the molecule is Clc1cccc2c1oc1cc3ccncc3cc12. The lowest BCUT2D eigenvalue weighted by Crippen LogP contribution is -1.74. The standard InChI is InChI=1S/C15H8ClNO/c16-13-3-1-2-11-12-6-10-8-17-5-4-9(10)7-14(12)18-15(11)13/h1-8H. The summed E-state index contributed by atoms with van der Waals surface area (Å²) < 4.78 is 5.84. The normalized spacial score (nSPS) is 11.6. The maximum absolute atomic E-state index is 6.15. The van der Waals surface area contributed by atoms with Gasteiger partial charge in [-0.1, -0.05) is 23.7 Å².